The summed E-state index contributed by atoms with van der Waals surface area (Å²) < 4.78 is 1.54. The minimum Gasteiger partial charge on any atom is -0.378 e. The number of carbonyl (C=O) groups is 1. The van der Waals surface area contributed by atoms with E-state index in [9.17, 15) is 9.59 Å². The SMILES string of the molecule is CN(C)c1ccc(-n2c(SCC(=O)Nc3ncn[nH]3)nc3ccccc3c2=O)cc1. The molecule has 9 nitrogen and oxygen atoms in total. The molecule has 1 amide bonds. The Morgan fingerprint density at radius 1 is 1.17 bits per heavy atom. The van der Waals surface area contributed by atoms with Crippen molar-refractivity contribution < 1.29 is 4.79 Å². The van der Waals surface area contributed by atoms with Crippen LogP contribution in [0, 0.1) is 0 Å². The van der Waals surface area contributed by atoms with Crippen LogP contribution in [0.25, 0.3) is 16.6 Å². The number of rotatable bonds is 6. The van der Waals surface area contributed by atoms with Crippen LogP contribution in [0.5, 0.6) is 0 Å². The van der Waals surface area contributed by atoms with Crippen LogP contribution in [0.4, 0.5) is 11.6 Å². The second-order valence-electron chi connectivity index (χ2n) is 6.63. The Morgan fingerprint density at radius 3 is 2.63 bits per heavy atom. The van der Waals surface area contributed by atoms with Crippen molar-refractivity contribution in [1.29, 1.82) is 0 Å². The van der Waals surface area contributed by atoms with Gasteiger partial charge in [-0.05, 0) is 36.4 Å². The van der Waals surface area contributed by atoms with Crippen LogP contribution in [0.3, 0.4) is 0 Å². The zero-order chi connectivity index (χ0) is 21.1. The van der Waals surface area contributed by atoms with Gasteiger partial charge in [0.15, 0.2) is 5.16 Å². The summed E-state index contributed by atoms with van der Waals surface area (Å²) in [6.07, 6.45) is 1.31. The average molecular weight is 421 g/mol. The molecule has 0 unspecified atom stereocenters. The second kappa shape index (κ2) is 8.37. The van der Waals surface area contributed by atoms with Crippen molar-refractivity contribution in [3.63, 3.8) is 0 Å². The fourth-order valence-electron chi connectivity index (χ4n) is 2.90. The number of anilines is 2. The molecule has 0 bridgehead atoms. The molecule has 10 heteroatoms. The van der Waals surface area contributed by atoms with Crippen LogP contribution < -0.4 is 15.8 Å². The maximum atomic E-state index is 13.2. The fraction of sp³-hybridized carbons (Fsp3) is 0.150. The number of H-pyrrole nitrogens is 1. The standard InChI is InChI=1S/C20H19N7O2S/c1-26(2)13-7-9-14(10-8-13)27-18(29)15-5-3-4-6-16(15)23-20(27)30-11-17(28)24-19-21-12-22-25-19/h3-10,12H,11H2,1-2H3,(H2,21,22,24,25,28). The number of amides is 1. The summed E-state index contributed by atoms with van der Waals surface area (Å²) in [4.78, 5) is 36.0. The molecule has 0 aliphatic heterocycles. The lowest BCUT2D eigenvalue weighted by atomic mass is 10.2. The predicted molar refractivity (Wildman–Crippen MR) is 117 cm³/mol. The van der Waals surface area contributed by atoms with E-state index in [1.165, 1.54) is 22.7 Å². The molecule has 2 heterocycles. The molecule has 0 atom stereocenters. The highest BCUT2D eigenvalue weighted by molar-refractivity contribution is 7.99. The van der Waals surface area contributed by atoms with Crippen LogP contribution >= 0.6 is 11.8 Å². The van der Waals surface area contributed by atoms with Crippen molar-refractivity contribution in [2.24, 2.45) is 0 Å². The van der Waals surface area contributed by atoms with Gasteiger partial charge in [-0.2, -0.15) is 10.1 Å². The molecule has 2 aromatic carbocycles. The van der Waals surface area contributed by atoms with Gasteiger partial charge in [-0.15, -0.1) is 0 Å². The highest BCUT2D eigenvalue weighted by atomic mass is 32.2. The van der Waals surface area contributed by atoms with Crippen LogP contribution in [0.15, 0.2) is 64.8 Å². The number of hydrogen-bond acceptors (Lipinski definition) is 7. The highest BCUT2D eigenvalue weighted by Crippen LogP contribution is 2.23. The van der Waals surface area contributed by atoms with E-state index in [0.717, 1.165) is 5.69 Å². The van der Waals surface area contributed by atoms with E-state index in [1.807, 2.05) is 55.4 Å². The Bertz CT molecular complexity index is 1230. The molecule has 152 valence electrons. The van der Waals surface area contributed by atoms with Crippen LogP contribution in [-0.4, -0.2) is 50.5 Å². The maximum Gasteiger partial charge on any atom is 0.266 e. The normalized spacial score (nSPS) is 10.9. The number of aromatic amines is 1. The number of aromatic nitrogens is 5. The summed E-state index contributed by atoms with van der Waals surface area (Å²) in [7, 11) is 3.90. The summed E-state index contributed by atoms with van der Waals surface area (Å²) in [5.41, 5.74) is 2.10. The van der Waals surface area contributed by atoms with E-state index in [-0.39, 0.29) is 23.2 Å². The fourth-order valence-corrected chi connectivity index (χ4v) is 3.71. The summed E-state index contributed by atoms with van der Waals surface area (Å²) >= 11 is 1.18. The topological polar surface area (TPSA) is 109 Å². The van der Waals surface area contributed by atoms with Gasteiger partial charge in [-0.1, -0.05) is 23.9 Å². The van der Waals surface area contributed by atoms with Crippen molar-refractivity contribution in [2.75, 3.05) is 30.1 Å². The zero-order valence-electron chi connectivity index (χ0n) is 16.4. The number of thioether (sulfide) groups is 1. The number of nitrogens with zero attached hydrogens (tertiary/aromatic N) is 5. The van der Waals surface area contributed by atoms with E-state index >= 15 is 0 Å². The number of fused-ring (bicyclic) bond motifs is 1. The van der Waals surface area contributed by atoms with Crippen molar-refractivity contribution in [3.05, 3.63) is 65.2 Å². The van der Waals surface area contributed by atoms with E-state index < -0.39 is 0 Å². The van der Waals surface area contributed by atoms with Gasteiger partial charge in [0.05, 0.1) is 22.3 Å². The van der Waals surface area contributed by atoms with Gasteiger partial charge < -0.3 is 4.90 Å². The van der Waals surface area contributed by atoms with Gasteiger partial charge in [-0.3, -0.25) is 19.5 Å². The highest BCUT2D eigenvalue weighted by Gasteiger charge is 2.15. The van der Waals surface area contributed by atoms with Crippen molar-refractivity contribution in [2.45, 2.75) is 5.16 Å². The van der Waals surface area contributed by atoms with E-state index in [4.69, 9.17) is 0 Å². The first-order chi connectivity index (χ1) is 14.5. The smallest absolute Gasteiger partial charge is 0.266 e. The number of carbonyl (C=O) groups excluding carboxylic acids is 1. The van der Waals surface area contributed by atoms with E-state index in [1.54, 1.807) is 12.1 Å². The number of hydrogen-bond donors (Lipinski definition) is 2. The average Bonchev–Trinajstić information content (AvgIpc) is 3.25. The molecule has 0 aliphatic rings. The monoisotopic (exact) mass is 421 g/mol. The van der Waals surface area contributed by atoms with Gasteiger partial charge in [0, 0.05) is 19.8 Å². The molecule has 0 spiro atoms. The van der Waals surface area contributed by atoms with Crippen LogP contribution in [0.2, 0.25) is 0 Å². The van der Waals surface area contributed by atoms with Gasteiger partial charge >= 0.3 is 0 Å². The second-order valence-corrected chi connectivity index (χ2v) is 7.58. The first-order valence-electron chi connectivity index (χ1n) is 9.10. The molecule has 2 N–H and O–H groups in total. The molecule has 0 fully saturated rings. The summed E-state index contributed by atoms with van der Waals surface area (Å²) in [6, 6.07) is 14.8. The quantitative estimate of drug-likeness (QED) is 0.363. The molecule has 0 radical (unpaired) electrons. The third kappa shape index (κ3) is 4.03. The largest absolute Gasteiger partial charge is 0.378 e. The van der Waals surface area contributed by atoms with Crippen molar-refractivity contribution in [3.8, 4) is 5.69 Å². The Labute approximate surface area is 176 Å². The molecule has 0 aliphatic carbocycles. The minimum absolute atomic E-state index is 0.0568. The molecule has 30 heavy (non-hydrogen) atoms. The lowest BCUT2D eigenvalue weighted by molar-refractivity contribution is -0.113. The molecule has 0 saturated carbocycles. The predicted octanol–water partition coefficient (Wildman–Crippen LogP) is 2.30. The minimum atomic E-state index is -0.284. The van der Waals surface area contributed by atoms with Crippen molar-refractivity contribution in [1.82, 2.24) is 24.7 Å². The number of para-hydroxylation sites is 1. The first-order valence-corrected chi connectivity index (χ1v) is 10.1. The van der Waals surface area contributed by atoms with E-state index in [2.05, 4.69) is 25.5 Å². The molecule has 4 rings (SSSR count). The Kier molecular flexibility index (Phi) is 5.48. The molecule has 2 aromatic heterocycles. The molecule has 0 saturated heterocycles. The third-order valence-electron chi connectivity index (χ3n) is 4.37. The Morgan fingerprint density at radius 2 is 1.93 bits per heavy atom. The molecular weight excluding hydrogens is 402 g/mol. The van der Waals surface area contributed by atoms with Crippen LogP contribution in [0.1, 0.15) is 0 Å². The maximum absolute atomic E-state index is 13.2. The van der Waals surface area contributed by atoms with Crippen LogP contribution in [-0.2, 0) is 4.79 Å². The van der Waals surface area contributed by atoms with Gasteiger partial charge in [0.1, 0.15) is 6.33 Å². The molecule has 4 aromatic rings. The lowest BCUT2D eigenvalue weighted by Crippen LogP contribution is -2.23. The first kappa shape index (κ1) is 19.6. The number of benzene rings is 2. The van der Waals surface area contributed by atoms with Gasteiger partial charge in [0.2, 0.25) is 11.9 Å². The van der Waals surface area contributed by atoms with Gasteiger partial charge in [-0.25, -0.2) is 10.1 Å². The summed E-state index contributed by atoms with van der Waals surface area (Å²) in [6.45, 7) is 0. The Balaban J connectivity index is 1.70. The Hall–Kier alpha value is -3.66. The third-order valence-corrected chi connectivity index (χ3v) is 5.31. The van der Waals surface area contributed by atoms with Gasteiger partial charge in [0.25, 0.3) is 5.56 Å². The molecular formula is C20H19N7O2S. The summed E-state index contributed by atoms with van der Waals surface area (Å²) in [5, 5.41) is 9.83. The lowest BCUT2D eigenvalue weighted by Gasteiger charge is -2.16. The zero-order valence-corrected chi connectivity index (χ0v) is 17.2. The van der Waals surface area contributed by atoms with Crippen molar-refractivity contribution >= 4 is 40.2 Å². The number of nitrogens with one attached hydrogen (secondary N) is 2. The van der Waals surface area contributed by atoms with E-state index in [0.29, 0.717) is 21.7 Å². The summed E-state index contributed by atoms with van der Waals surface area (Å²) in [5.74, 6) is 0.0405.